The molecule has 28 heteroatoms. The second-order valence-electron chi connectivity index (χ2n) is 14.4. The minimum atomic E-state index is -5.10. The number of nitrogens with one attached hydrogen (secondary N) is 3. The van der Waals surface area contributed by atoms with Gasteiger partial charge in [-0.25, -0.2) is 0 Å². The molecule has 0 saturated carbocycles. The van der Waals surface area contributed by atoms with Gasteiger partial charge in [-0.3, -0.25) is 0 Å². The molecule has 0 radical (unpaired) electrons. The second-order valence-corrected chi connectivity index (χ2v) is 19.6. The number of thiol groups is 1. The number of carbonyl (C=O) groups is 2. The van der Waals surface area contributed by atoms with E-state index in [1.54, 1.807) is 44.2 Å². The van der Waals surface area contributed by atoms with Crippen LogP contribution in [-0.2, 0) is 36.9 Å². The predicted octanol–water partition coefficient (Wildman–Crippen LogP) is 2.76. The third-order valence-electron chi connectivity index (χ3n) is 9.84. The fourth-order valence-corrected chi connectivity index (χ4v) is 10.0. The summed E-state index contributed by atoms with van der Waals surface area (Å²) in [5.74, 6) is -1.69. The van der Waals surface area contributed by atoms with Gasteiger partial charge in [0.25, 0.3) is 0 Å². The summed E-state index contributed by atoms with van der Waals surface area (Å²) in [5, 5.41) is 14.3. The molecule has 3 fully saturated rings. The molecule has 0 aliphatic carbocycles. The molecule has 8 atom stereocenters. The van der Waals surface area contributed by atoms with Crippen LogP contribution in [0.25, 0.3) is 22.3 Å². The first kappa shape index (κ1) is 43.9. The fourth-order valence-electron chi connectivity index (χ4n) is 6.80. The Kier molecular flexibility index (Phi) is 12.6. The number of anilines is 2. The van der Waals surface area contributed by atoms with Crippen LogP contribution in [-0.4, -0.2) is 117 Å². The first-order chi connectivity index (χ1) is 29.6. The molecule has 0 unspecified atom stereocenters. The topological polar surface area (TPSA) is 294 Å². The van der Waals surface area contributed by atoms with E-state index in [1.165, 1.54) is 10.9 Å². The standard InChI is InChI=1S/C34H39F2N11O12P2S/c1-16(2)29(48)44-34-43-28-23(31(50)45-34)41-15-47(28)33-25-20(35)18(56-33)11-54-60(51,53-10-6-9-37)58-24-19(12-55-61(52,62)59-25)57-32(21(24)36)46-14-40-22-26(38-13-39-27(22)46)42-30(49)17-7-4-3-5-8-17/h3-5,7-8,13-16,18-21,24-25,32-33,51-52,60-62H,6,10-12H2,1-2H3,(H,38,39,42,49)(H2,43,44,45,48,50)/t18-,19-,20-,21-,24-,25-,32-,33-/m1/s1. The number of carbonyl (C=O) groups excluding carboxylic acids is 2. The molecule has 5 aromatic rings. The van der Waals surface area contributed by atoms with Crippen LogP contribution < -0.4 is 16.2 Å². The molecule has 23 nitrogen and oxygen atoms in total. The van der Waals surface area contributed by atoms with Crippen molar-refractivity contribution in [2.75, 3.05) is 30.5 Å². The number of imidazole rings is 2. The average molecular weight is 926 g/mol. The Bertz CT molecular complexity index is 2570. The fraction of sp³-hybridized carbons (Fsp3) is 0.441. The number of ether oxygens (including phenoxy) is 2. The summed E-state index contributed by atoms with van der Waals surface area (Å²) < 4.78 is 76.3. The number of hydrogen-bond acceptors (Lipinski definition) is 19. The molecule has 3 aliphatic heterocycles. The second kappa shape index (κ2) is 17.8. The number of rotatable bonds is 9. The number of benzene rings is 1. The summed E-state index contributed by atoms with van der Waals surface area (Å²) >= 11 is 4.22. The zero-order valence-electron chi connectivity index (χ0n) is 32.4. The van der Waals surface area contributed by atoms with E-state index in [2.05, 4.69) is 52.8 Å². The molecule has 4 aromatic heterocycles. The molecule has 2 amide bonds. The van der Waals surface area contributed by atoms with E-state index < -0.39 is 108 Å². The first-order valence-corrected chi connectivity index (χ1v) is 23.6. The number of aromatic nitrogens is 8. The number of fused-ring (bicyclic) bond motifs is 5. The van der Waals surface area contributed by atoms with Crippen LogP contribution in [0.3, 0.4) is 0 Å². The van der Waals surface area contributed by atoms with Crippen molar-refractivity contribution in [1.29, 1.82) is 5.26 Å². The van der Waals surface area contributed by atoms with Gasteiger partial charge in [0, 0.05) is 0 Å². The van der Waals surface area contributed by atoms with Gasteiger partial charge in [-0.15, -0.1) is 0 Å². The number of nitrogens with zero attached hydrogens (tertiary/aromatic N) is 8. The van der Waals surface area contributed by atoms with Gasteiger partial charge in [0.2, 0.25) is 0 Å². The maximum atomic E-state index is 16.8. The summed E-state index contributed by atoms with van der Waals surface area (Å²) in [6.07, 6.45) is -11.1. The minimum absolute atomic E-state index is 0.00781. The van der Waals surface area contributed by atoms with E-state index in [4.69, 9.17) is 32.1 Å². The monoisotopic (exact) mass is 925 g/mol. The number of hydrogen-bond donors (Lipinski definition) is 6. The molecule has 1 aromatic carbocycles. The molecular formula is C34H39F2N11O12P2S. The molecule has 62 heavy (non-hydrogen) atoms. The molecule has 2 bridgehead atoms. The first-order valence-electron chi connectivity index (χ1n) is 18.9. The SMILES string of the molecule is CC(C)C(=O)Nc1nc2c(ncn2[C@@H]2O[C@@H]3CO[PH](O)(OCCC#N)O[C@H]4[C@@H](F)[C@H](n5cnc6c(NC(=O)c7ccccc7)ncnc65)O[C@@H]4CO[PH](O)(S)O[C@@H]2[C@@H]3F)c(=O)[nH]1. The number of H-pyrrole nitrogens is 1. The molecule has 7 heterocycles. The Morgan fingerprint density at radius 3 is 2.42 bits per heavy atom. The number of halogens is 2. The zero-order valence-corrected chi connectivity index (χ0v) is 35.3. The van der Waals surface area contributed by atoms with Crippen LogP contribution in [0.15, 0.2) is 54.1 Å². The van der Waals surface area contributed by atoms with Crippen molar-refractivity contribution < 1.29 is 60.2 Å². The van der Waals surface area contributed by atoms with E-state index in [0.29, 0.717) is 5.56 Å². The van der Waals surface area contributed by atoms with E-state index >= 15 is 8.78 Å². The number of nitriles is 1. The Labute approximate surface area is 354 Å². The molecule has 8 rings (SSSR count). The average Bonchev–Trinajstić information content (AvgIpc) is 4.01. The van der Waals surface area contributed by atoms with Gasteiger partial charge in [-0.2, -0.15) is 0 Å². The number of aromatic amines is 1. The Morgan fingerprint density at radius 2 is 1.68 bits per heavy atom. The predicted molar refractivity (Wildman–Crippen MR) is 217 cm³/mol. The maximum absolute atomic E-state index is 16.8. The molecule has 3 aliphatic rings. The van der Waals surface area contributed by atoms with Gasteiger partial charge in [-0.05, 0) is 0 Å². The van der Waals surface area contributed by atoms with Crippen molar-refractivity contribution in [2.24, 2.45) is 5.92 Å². The zero-order chi connectivity index (χ0) is 43.9. The number of amides is 2. The van der Waals surface area contributed by atoms with Gasteiger partial charge < -0.3 is 0 Å². The summed E-state index contributed by atoms with van der Waals surface area (Å²) in [4.78, 5) is 84.9. The Balaban J connectivity index is 1.10. The Hall–Kier alpha value is -4.74. The van der Waals surface area contributed by atoms with Gasteiger partial charge in [0.1, 0.15) is 0 Å². The summed E-state index contributed by atoms with van der Waals surface area (Å²) in [6.45, 7) is 1.23. The number of alkyl halides is 2. The van der Waals surface area contributed by atoms with Gasteiger partial charge in [0.05, 0.1) is 0 Å². The van der Waals surface area contributed by atoms with Crippen molar-refractivity contribution in [1.82, 2.24) is 39.0 Å². The molecule has 0 spiro atoms. The van der Waals surface area contributed by atoms with E-state index in [9.17, 15) is 29.4 Å². The van der Waals surface area contributed by atoms with Crippen LogP contribution in [0.5, 0.6) is 0 Å². The van der Waals surface area contributed by atoms with Gasteiger partial charge in [-0.1, -0.05) is 18.2 Å². The van der Waals surface area contributed by atoms with Crippen molar-refractivity contribution in [2.45, 2.75) is 69.5 Å². The van der Waals surface area contributed by atoms with Crippen LogP contribution >= 0.6 is 27.6 Å². The van der Waals surface area contributed by atoms with Gasteiger partial charge in [0.15, 0.2) is 0 Å². The summed E-state index contributed by atoms with van der Waals surface area (Å²) in [6, 6.07) is 10.1. The van der Waals surface area contributed by atoms with Crippen LogP contribution in [0.4, 0.5) is 20.5 Å². The van der Waals surface area contributed by atoms with E-state index in [1.807, 2.05) is 6.07 Å². The Morgan fingerprint density at radius 1 is 0.968 bits per heavy atom. The van der Waals surface area contributed by atoms with Crippen molar-refractivity contribution in [3.8, 4) is 6.07 Å². The third kappa shape index (κ3) is 8.89. The molecule has 332 valence electrons. The van der Waals surface area contributed by atoms with Crippen molar-refractivity contribution in [3.05, 3.63) is 65.2 Å². The van der Waals surface area contributed by atoms with Crippen LogP contribution in [0.2, 0.25) is 0 Å². The molecular weight excluding hydrogens is 886 g/mol. The quantitative estimate of drug-likeness (QED) is 0.0704. The third-order valence-corrected chi connectivity index (χ3v) is 13.3. The van der Waals surface area contributed by atoms with Gasteiger partial charge >= 0.3 is 337 Å². The molecule has 5 N–H and O–H groups in total. The molecule has 3 saturated heterocycles. The summed E-state index contributed by atoms with van der Waals surface area (Å²) in [5.41, 5.74) is -0.726. The van der Waals surface area contributed by atoms with Crippen molar-refractivity contribution >= 4 is 73.5 Å². The summed E-state index contributed by atoms with van der Waals surface area (Å²) in [7, 11) is -9.89. The van der Waals surface area contributed by atoms with Crippen LogP contribution in [0.1, 0.15) is 43.1 Å². The van der Waals surface area contributed by atoms with E-state index in [0.717, 1.165) is 17.2 Å². The van der Waals surface area contributed by atoms with Crippen molar-refractivity contribution in [3.63, 3.8) is 0 Å². The van der Waals surface area contributed by atoms with E-state index in [-0.39, 0.29) is 40.5 Å². The normalized spacial score (nSPS) is 28.2. The van der Waals surface area contributed by atoms with Crippen LogP contribution in [0, 0.1) is 17.2 Å².